The van der Waals surface area contributed by atoms with Gasteiger partial charge in [-0.05, 0) is 0 Å². The minimum absolute atomic E-state index is 0.0113. The van der Waals surface area contributed by atoms with Gasteiger partial charge in [-0.15, -0.1) is 11.6 Å². The maximum absolute atomic E-state index is 11.7. The number of ether oxygens (including phenoxy) is 1. The van der Waals surface area contributed by atoms with E-state index < -0.39 is 24.5 Å². The van der Waals surface area contributed by atoms with Gasteiger partial charge in [0.1, 0.15) is 6.42 Å². The lowest BCUT2D eigenvalue weighted by Crippen LogP contribution is -2.41. The molecule has 0 aliphatic heterocycles. The van der Waals surface area contributed by atoms with Crippen LogP contribution in [0.1, 0.15) is 6.42 Å². The topological polar surface area (TPSA) is 38.3 Å². The Morgan fingerprint density at radius 2 is 2.14 bits per heavy atom. The van der Waals surface area contributed by atoms with Crippen LogP contribution >= 0.6 is 11.6 Å². The molecule has 0 rings (SSSR count). The highest BCUT2D eigenvalue weighted by Crippen LogP contribution is 2.18. The van der Waals surface area contributed by atoms with Gasteiger partial charge in [0.25, 0.3) is 0 Å². The quantitative estimate of drug-likeness (QED) is 0.727. The molecular formula is C7H11ClF3NO2. The Hall–Kier alpha value is -0.490. The van der Waals surface area contributed by atoms with Crippen molar-refractivity contribution in [3.05, 3.63) is 0 Å². The monoisotopic (exact) mass is 233 g/mol. The van der Waals surface area contributed by atoms with Crippen LogP contribution in [0.2, 0.25) is 0 Å². The fraction of sp³-hybridized carbons (Fsp3) is 0.857. The Balaban J connectivity index is 3.91. The van der Waals surface area contributed by atoms with Crippen molar-refractivity contribution < 1.29 is 22.7 Å². The second kappa shape index (κ2) is 6.08. The molecule has 1 N–H and O–H groups in total. The number of hydrogen-bond donors (Lipinski definition) is 1. The molecule has 0 spiro atoms. The van der Waals surface area contributed by atoms with E-state index in [2.05, 4.69) is 10.1 Å². The average molecular weight is 234 g/mol. The third-order valence-electron chi connectivity index (χ3n) is 1.28. The van der Waals surface area contributed by atoms with E-state index in [1.807, 2.05) is 0 Å². The number of methoxy groups -OCH3 is 1. The van der Waals surface area contributed by atoms with Crippen molar-refractivity contribution in [1.82, 2.24) is 5.32 Å². The molecule has 0 heterocycles. The van der Waals surface area contributed by atoms with E-state index in [0.29, 0.717) is 0 Å². The van der Waals surface area contributed by atoms with Gasteiger partial charge in [-0.25, -0.2) is 0 Å². The van der Waals surface area contributed by atoms with Crippen LogP contribution in [0, 0.1) is 0 Å². The predicted molar refractivity (Wildman–Crippen MR) is 45.2 cm³/mol. The number of rotatable bonds is 5. The average Bonchev–Trinajstić information content (AvgIpc) is 2.00. The molecule has 1 atom stereocenters. The zero-order valence-electron chi connectivity index (χ0n) is 7.53. The van der Waals surface area contributed by atoms with Crippen molar-refractivity contribution in [2.45, 2.75) is 18.6 Å². The lowest BCUT2D eigenvalue weighted by atomic mass is 10.3. The van der Waals surface area contributed by atoms with E-state index in [-0.39, 0.29) is 12.5 Å². The number of hydrogen-bond acceptors (Lipinski definition) is 2. The summed E-state index contributed by atoms with van der Waals surface area (Å²) in [7, 11) is 1.37. The molecule has 84 valence electrons. The first kappa shape index (κ1) is 13.5. The number of alkyl halides is 4. The summed E-state index contributed by atoms with van der Waals surface area (Å²) in [6.45, 7) is 0.0904. The summed E-state index contributed by atoms with van der Waals surface area (Å²) in [4.78, 5) is 10.8. The van der Waals surface area contributed by atoms with Crippen LogP contribution in [0.3, 0.4) is 0 Å². The van der Waals surface area contributed by atoms with E-state index in [1.54, 1.807) is 0 Å². The number of halogens is 4. The zero-order valence-corrected chi connectivity index (χ0v) is 8.28. The van der Waals surface area contributed by atoms with Crippen LogP contribution in [-0.4, -0.2) is 37.7 Å². The normalized spacial score (nSPS) is 13.8. The van der Waals surface area contributed by atoms with Crippen molar-refractivity contribution >= 4 is 17.5 Å². The Bertz CT molecular complexity index is 186. The Kier molecular flexibility index (Phi) is 5.87. The molecule has 0 fully saturated rings. The maximum atomic E-state index is 11.7. The molecule has 0 aliphatic carbocycles. The molecule has 0 saturated carbocycles. The molecule has 14 heavy (non-hydrogen) atoms. The van der Waals surface area contributed by atoms with Gasteiger partial charge in [-0.3, -0.25) is 4.79 Å². The van der Waals surface area contributed by atoms with E-state index in [9.17, 15) is 18.0 Å². The molecule has 3 nitrogen and oxygen atoms in total. The first-order valence-electron chi connectivity index (χ1n) is 3.80. The summed E-state index contributed by atoms with van der Waals surface area (Å²) < 4.78 is 39.8. The van der Waals surface area contributed by atoms with Crippen LogP contribution in [0.15, 0.2) is 0 Å². The third kappa shape index (κ3) is 6.97. The summed E-state index contributed by atoms with van der Waals surface area (Å²) in [5, 5.41) is 2.11. The maximum Gasteiger partial charge on any atom is 0.397 e. The second-order valence-electron chi connectivity index (χ2n) is 2.67. The van der Waals surface area contributed by atoms with Gasteiger partial charge in [0, 0.05) is 13.0 Å². The number of carbonyl (C=O) groups is 1. The number of nitrogens with one attached hydrogen (secondary N) is 1. The van der Waals surface area contributed by atoms with Crippen LogP contribution < -0.4 is 5.32 Å². The minimum Gasteiger partial charge on any atom is -0.383 e. The molecule has 0 aromatic carbocycles. The first-order chi connectivity index (χ1) is 6.39. The SMILES string of the molecule is COCC(CCl)NC(=O)CC(F)(F)F. The highest BCUT2D eigenvalue weighted by molar-refractivity contribution is 6.18. The van der Waals surface area contributed by atoms with Crippen molar-refractivity contribution in [2.24, 2.45) is 0 Å². The lowest BCUT2D eigenvalue weighted by Gasteiger charge is -2.15. The highest BCUT2D eigenvalue weighted by Gasteiger charge is 2.31. The molecular weight excluding hydrogens is 223 g/mol. The fourth-order valence-electron chi connectivity index (χ4n) is 0.787. The minimum atomic E-state index is -4.49. The van der Waals surface area contributed by atoms with Gasteiger partial charge >= 0.3 is 6.18 Å². The molecule has 0 aromatic rings. The summed E-state index contributed by atoms with van der Waals surface area (Å²) in [6, 6.07) is -0.587. The smallest absolute Gasteiger partial charge is 0.383 e. The summed E-state index contributed by atoms with van der Waals surface area (Å²) in [6.07, 6.45) is -5.99. The Labute approximate surface area is 84.6 Å². The molecule has 1 unspecified atom stereocenters. The number of carbonyl (C=O) groups excluding carboxylic acids is 1. The summed E-state index contributed by atoms with van der Waals surface area (Å²) in [5.41, 5.74) is 0. The van der Waals surface area contributed by atoms with E-state index in [0.717, 1.165) is 0 Å². The van der Waals surface area contributed by atoms with Crippen molar-refractivity contribution in [1.29, 1.82) is 0 Å². The van der Waals surface area contributed by atoms with Crippen molar-refractivity contribution in [3.63, 3.8) is 0 Å². The Morgan fingerprint density at radius 3 is 2.50 bits per heavy atom. The van der Waals surface area contributed by atoms with E-state index in [4.69, 9.17) is 11.6 Å². The predicted octanol–water partition coefficient (Wildman–Crippen LogP) is 1.31. The fourth-order valence-corrected chi connectivity index (χ4v) is 0.953. The molecule has 7 heteroatoms. The zero-order chi connectivity index (χ0) is 11.2. The second-order valence-corrected chi connectivity index (χ2v) is 2.97. The van der Waals surface area contributed by atoms with Gasteiger partial charge in [0.15, 0.2) is 0 Å². The van der Waals surface area contributed by atoms with Gasteiger partial charge < -0.3 is 10.1 Å². The van der Waals surface area contributed by atoms with E-state index >= 15 is 0 Å². The highest BCUT2D eigenvalue weighted by atomic mass is 35.5. The summed E-state index contributed by atoms with van der Waals surface area (Å²) in [5.74, 6) is -1.09. The molecule has 1 amide bonds. The first-order valence-corrected chi connectivity index (χ1v) is 4.33. The largest absolute Gasteiger partial charge is 0.397 e. The van der Waals surface area contributed by atoms with E-state index in [1.165, 1.54) is 7.11 Å². The summed E-state index contributed by atoms with van der Waals surface area (Å²) >= 11 is 5.39. The van der Waals surface area contributed by atoms with Gasteiger partial charge in [-0.2, -0.15) is 13.2 Å². The van der Waals surface area contributed by atoms with Crippen molar-refractivity contribution in [3.8, 4) is 0 Å². The standard InChI is InChI=1S/C7H11ClF3NO2/c1-14-4-5(3-8)12-6(13)2-7(9,10)11/h5H,2-4H2,1H3,(H,12,13). The Morgan fingerprint density at radius 1 is 1.57 bits per heavy atom. The van der Waals surface area contributed by atoms with Crippen molar-refractivity contribution in [2.75, 3.05) is 19.6 Å². The molecule has 0 aromatic heterocycles. The van der Waals surface area contributed by atoms with Crippen LogP contribution in [0.25, 0.3) is 0 Å². The van der Waals surface area contributed by atoms with Gasteiger partial charge in [-0.1, -0.05) is 0 Å². The molecule has 0 aliphatic rings. The molecule has 0 radical (unpaired) electrons. The van der Waals surface area contributed by atoms with Crippen LogP contribution in [0.4, 0.5) is 13.2 Å². The third-order valence-corrected chi connectivity index (χ3v) is 1.65. The van der Waals surface area contributed by atoms with Gasteiger partial charge in [0.05, 0.1) is 12.6 Å². The van der Waals surface area contributed by atoms with Gasteiger partial charge in [0.2, 0.25) is 5.91 Å². The lowest BCUT2D eigenvalue weighted by molar-refractivity contribution is -0.154. The van der Waals surface area contributed by atoms with Crippen LogP contribution in [-0.2, 0) is 9.53 Å². The number of amides is 1. The van der Waals surface area contributed by atoms with Crippen LogP contribution in [0.5, 0.6) is 0 Å². The molecule has 0 saturated heterocycles. The molecule has 0 bridgehead atoms.